The summed E-state index contributed by atoms with van der Waals surface area (Å²) in [6.45, 7) is 0. The van der Waals surface area contributed by atoms with Crippen LogP contribution >= 0.6 is 46.6 Å². The molecular formula is C12H8Cl3NS. The average molecular weight is 305 g/mol. The van der Waals surface area contributed by atoms with Gasteiger partial charge < -0.3 is 0 Å². The second kappa shape index (κ2) is 5.96. The zero-order chi connectivity index (χ0) is 12.3. The SMILES string of the molecule is Clc1ccc(SCc2cccnc2Cl)cc1Cl. The van der Waals surface area contributed by atoms with Gasteiger partial charge in [-0.2, -0.15) is 0 Å². The molecule has 2 aromatic rings. The Morgan fingerprint density at radius 2 is 1.88 bits per heavy atom. The molecular weight excluding hydrogens is 297 g/mol. The van der Waals surface area contributed by atoms with Crippen molar-refractivity contribution in [3.63, 3.8) is 0 Å². The number of aromatic nitrogens is 1. The lowest BCUT2D eigenvalue weighted by atomic mass is 10.3. The topological polar surface area (TPSA) is 12.9 Å². The van der Waals surface area contributed by atoms with E-state index in [2.05, 4.69) is 4.98 Å². The molecule has 0 N–H and O–H groups in total. The summed E-state index contributed by atoms with van der Waals surface area (Å²) in [5.41, 5.74) is 1.00. The van der Waals surface area contributed by atoms with Gasteiger partial charge >= 0.3 is 0 Å². The van der Waals surface area contributed by atoms with E-state index in [-0.39, 0.29) is 0 Å². The van der Waals surface area contributed by atoms with E-state index < -0.39 is 0 Å². The van der Waals surface area contributed by atoms with E-state index >= 15 is 0 Å². The molecule has 0 aliphatic heterocycles. The normalized spacial score (nSPS) is 10.5. The Hall–Kier alpha value is -0.410. The maximum absolute atomic E-state index is 5.98. The van der Waals surface area contributed by atoms with Gasteiger partial charge in [-0.1, -0.05) is 40.9 Å². The number of nitrogens with zero attached hydrogens (tertiary/aromatic N) is 1. The van der Waals surface area contributed by atoms with Gasteiger partial charge in [-0.05, 0) is 29.8 Å². The number of thioether (sulfide) groups is 1. The highest BCUT2D eigenvalue weighted by Crippen LogP contribution is 2.30. The molecule has 0 radical (unpaired) electrons. The quantitative estimate of drug-likeness (QED) is 0.561. The van der Waals surface area contributed by atoms with Crippen LogP contribution in [0.3, 0.4) is 0 Å². The first-order valence-electron chi connectivity index (χ1n) is 4.84. The third-order valence-corrected chi connectivity index (χ3v) is 4.24. The molecule has 0 unspecified atom stereocenters. The van der Waals surface area contributed by atoms with Crippen molar-refractivity contribution in [2.45, 2.75) is 10.6 Å². The third-order valence-electron chi connectivity index (χ3n) is 2.12. The Balaban J connectivity index is 2.08. The maximum atomic E-state index is 5.98. The second-order valence-corrected chi connectivity index (χ2v) is 5.54. The van der Waals surface area contributed by atoms with Gasteiger partial charge in [0.05, 0.1) is 10.0 Å². The highest BCUT2D eigenvalue weighted by Gasteiger charge is 2.03. The number of halogens is 3. The number of hydrogen-bond donors (Lipinski definition) is 0. The summed E-state index contributed by atoms with van der Waals surface area (Å²) >= 11 is 19.4. The van der Waals surface area contributed by atoms with Crippen LogP contribution in [0.25, 0.3) is 0 Å². The summed E-state index contributed by atoms with van der Waals surface area (Å²) in [7, 11) is 0. The van der Waals surface area contributed by atoms with Crippen molar-refractivity contribution in [3.05, 3.63) is 57.3 Å². The first-order chi connectivity index (χ1) is 8.16. The summed E-state index contributed by atoms with van der Waals surface area (Å²) < 4.78 is 0. The monoisotopic (exact) mass is 303 g/mol. The number of benzene rings is 1. The standard InChI is InChI=1S/C12H8Cl3NS/c13-10-4-3-9(6-11(10)14)17-7-8-2-1-5-16-12(8)15/h1-6H,7H2. The highest BCUT2D eigenvalue weighted by atomic mass is 35.5. The summed E-state index contributed by atoms with van der Waals surface area (Å²) in [4.78, 5) is 5.08. The highest BCUT2D eigenvalue weighted by molar-refractivity contribution is 7.98. The lowest BCUT2D eigenvalue weighted by molar-refractivity contribution is 1.25. The Morgan fingerprint density at radius 1 is 1.06 bits per heavy atom. The predicted octanol–water partition coefficient (Wildman–Crippen LogP) is 5.33. The molecule has 5 heteroatoms. The van der Waals surface area contributed by atoms with Gasteiger partial charge in [-0.3, -0.25) is 0 Å². The molecule has 1 aromatic heterocycles. The zero-order valence-corrected chi connectivity index (χ0v) is 11.7. The smallest absolute Gasteiger partial charge is 0.133 e. The summed E-state index contributed by atoms with van der Waals surface area (Å²) in [5.74, 6) is 0.755. The summed E-state index contributed by atoms with van der Waals surface area (Å²) in [5, 5.41) is 1.67. The molecule has 0 amide bonds. The van der Waals surface area contributed by atoms with Crippen molar-refractivity contribution in [1.82, 2.24) is 4.98 Å². The molecule has 0 saturated carbocycles. The minimum absolute atomic E-state index is 0.542. The van der Waals surface area contributed by atoms with Crippen LogP contribution in [-0.2, 0) is 5.75 Å². The number of pyridine rings is 1. The van der Waals surface area contributed by atoms with Gasteiger partial charge in [0.15, 0.2) is 0 Å². The van der Waals surface area contributed by atoms with Crippen molar-refractivity contribution >= 4 is 46.6 Å². The van der Waals surface area contributed by atoms with E-state index in [1.807, 2.05) is 24.3 Å². The molecule has 1 heterocycles. The third kappa shape index (κ3) is 3.52. The lowest BCUT2D eigenvalue weighted by Gasteiger charge is -2.04. The molecule has 0 aliphatic rings. The van der Waals surface area contributed by atoms with E-state index in [1.54, 1.807) is 24.0 Å². The molecule has 0 saturated heterocycles. The molecule has 2 rings (SSSR count). The Labute approximate surface area is 119 Å². The van der Waals surface area contributed by atoms with Gasteiger partial charge in [0, 0.05) is 16.8 Å². The van der Waals surface area contributed by atoms with Crippen LogP contribution < -0.4 is 0 Å². The fraction of sp³-hybridized carbons (Fsp3) is 0.0833. The first kappa shape index (κ1) is 13.0. The Bertz CT molecular complexity index is 531. The predicted molar refractivity (Wildman–Crippen MR) is 75.3 cm³/mol. The minimum atomic E-state index is 0.542. The summed E-state index contributed by atoms with van der Waals surface area (Å²) in [6, 6.07) is 9.40. The van der Waals surface area contributed by atoms with Gasteiger partial charge in [-0.15, -0.1) is 11.8 Å². The van der Waals surface area contributed by atoms with Crippen LogP contribution in [0.15, 0.2) is 41.4 Å². The molecule has 0 fully saturated rings. The summed E-state index contributed by atoms with van der Waals surface area (Å²) in [6.07, 6.45) is 1.68. The van der Waals surface area contributed by atoms with Crippen LogP contribution in [0.5, 0.6) is 0 Å². The largest absolute Gasteiger partial charge is 0.244 e. The first-order valence-corrected chi connectivity index (χ1v) is 6.96. The van der Waals surface area contributed by atoms with E-state index in [9.17, 15) is 0 Å². The molecule has 0 atom stereocenters. The van der Waals surface area contributed by atoms with Crippen LogP contribution in [0, 0.1) is 0 Å². The fourth-order valence-electron chi connectivity index (χ4n) is 1.25. The maximum Gasteiger partial charge on any atom is 0.133 e. The van der Waals surface area contributed by atoms with Gasteiger partial charge in [-0.25, -0.2) is 4.98 Å². The van der Waals surface area contributed by atoms with Crippen molar-refractivity contribution in [3.8, 4) is 0 Å². The van der Waals surface area contributed by atoms with Crippen LogP contribution in [0.4, 0.5) is 0 Å². The van der Waals surface area contributed by atoms with E-state index in [1.165, 1.54) is 0 Å². The molecule has 1 aromatic carbocycles. The lowest BCUT2D eigenvalue weighted by Crippen LogP contribution is -1.85. The van der Waals surface area contributed by atoms with Gasteiger partial charge in [0.25, 0.3) is 0 Å². The van der Waals surface area contributed by atoms with E-state index in [4.69, 9.17) is 34.8 Å². The number of rotatable bonds is 3. The van der Waals surface area contributed by atoms with Crippen LogP contribution in [0.2, 0.25) is 15.2 Å². The number of hydrogen-bond acceptors (Lipinski definition) is 2. The van der Waals surface area contributed by atoms with E-state index in [0.717, 1.165) is 16.2 Å². The van der Waals surface area contributed by atoms with Crippen LogP contribution in [-0.4, -0.2) is 4.98 Å². The molecule has 0 bridgehead atoms. The van der Waals surface area contributed by atoms with Crippen molar-refractivity contribution < 1.29 is 0 Å². The molecule has 1 nitrogen and oxygen atoms in total. The van der Waals surface area contributed by atoms with Gasteiger partial charge in [0.1, 0.15) is 5.15 Å². The molecule has 17 heavy (non-hydrogen) atoms. The molecule has 0 aliphatic carbocycles. The van der Waals surface area contributed by atoms with Gasteiger partial charge in [0.2, 0.25) is 0 Å². The fourth-order valence-corrected chi connectivity index (χ4v) is 2.80. The Morgan fingerprint density at radius 3 is 2.59 bits per heavy atom. The van der Waals surface area contributed by atoms with Crippen molar-refractivity contribution in [2.75, 3.05) is 0 Å². The minimum Gasteiger partial charge on any atom is -0.244 e. The second-order valence-electron chi connectivity index (χ2n) is 3.32. The van der Waals surface area contributed by atoms with Crippen molar-refractivity contribution in [2.24, 2.45) is 0 Å². The Kier molecular flexibility index (Phi) is 4.57. The molecule has 88 valence electrons. The molecule has 0 spiro atoms. The van der Waals surface area contributed by atoms with Crippen LogP contribution in [0.1, 0.15) is 5.56 Å². The van der Waals surface area contributed by atoms with E-state index in [0.29, 0.717) is 15.2 Å². The average Bonchev–Trinajstić information content (AvgIpc) is 2.32. The zero-order valence-electron chi connectivity index (χ0n) is 8.66. The van der Waals surface area contributed by atoms with Crippen molar-refractivity contribution in [1.29, 1.82) is 0 Å².